The van der Waals surface area contributed by atoms with Gasteiger partial charge in [0.2, 0.25) is 0 Å². The first-order valence-electron chi connectivity index (χ1n) is 8.63. The maximum absolute atomic E-state index is 12.5. The van der Waals surface area contributed by atoms with Gasteiger partial charge in [-0.3, -0.25) is 9.89 Å². The molecule has 4 heteroatoms. The number of aromatic nitrogens is 2. The van der Waals surface area contributed by atoms with E-state index in [0.717, 1.165) is 17.8 Å². The van der Waals surface area contributed by atoms with E-state index in [0.29, 0.717) is 16.9 Å². The maximum atomic E-state index is 12.5. The lowest BCUT2D eigenvalue weighted by molar-refractivity contribution is 0.0939. The highest BCUT2D eigenvalue weighted by Gasteiger charge is 2.45. The van der Waals surface area contributed by atoms with Crippen LogP contribution in [0.2, 0.25) is 0 Å². The molecule has 23 heavy (non-hydrogen) atoms. The Hall–Kier alpha value is -2.10. The van der Waals surface area contributed by atoms with Crippen LogP contribution in [0.4, 0.5) is 0 Å². The van der Waals surface area contributed by atoms with Crippen molar-refractivity contribution in [1.29, 1.82) is 0 Å². The quantitative estimate of drug-likeness (QED) is 0.903. The summed E-state index contributed by atoms with van der Waals surface area (Å²) in [6.07, 6.45) is 9.69. The lowest BCUT2D eigenvalue weighted by Crippen LogP contribution is -2.32. The zero-order valence-corrected chi connectivity index (χ0v) is 13.3. The smallest absolute Gasteiger partial charge is 0.255 e. The van der Waals surface area contributed by atoms with Crippen LogP contribution in [0.5, 0.6) is 0 Å². The van der Waals surface area contributed by atoms with Crippen molar-refractivity contribution in [2.75, 3.05) is 6.54 Å². The normalized spacial score (nSPS) is 22.0. The van der Waals surface area contributed by atoms with Gasteiger partial charge in [-0.25, -0.2) is 0 Å². The molecule has 1 aromatic heterocycles. The number of H-pyrrole nitrogens is 1. The molecule has 0 radical (unpaired) electrons. The summed E-state index contributed by atoms with van der Waals surface area (Å²) in [6, 6.07) is 9.88. The summed E-state index contributed by atoms with van der Waals surface area (Å²) in [7, 11) is 0. The molecule has 2 aromatic rings. The number of amides is 1. The maximum Gasteiger partial charge on any atom is 0.255 e. The molecule has 0 bridgehead atoms. The van der Waals surface area contributed by atoms with E-state index in [1.54, 1.807) is 6.20 Å². The van der Waals surface area contributed by atoms with Crippen LogP contribution >= 0.6 is 0 Å². The van der Waals surface area contributed by atoms with E-state index in [2.05, 4.69) is 15.5 Å². The molecule has 1 atom stereocenters. The number of rotatable bonds is 4. The molecule has 4 rings (SSSR count). The topological polar surface area (TPSA) is 57.8 Å². The molecule has 1 spiro atoms. The number of nitrogens with one attached hydrogen (secondary N) is 2. The first kappa shape index (κ1) is 14.5. The Bertz CT molecular complexity index is 688. The SMILES string of the molecule is O=C(NCC1CCCC2(CC2)C1)c1cn[nH]c1-c1ccccc1. The fourth-order valence-corrected chi connectivity index (χ4v) is 4.00. The molecular formula is C19H23N3O. The third-order valence-corrected chi connectivity index (χ3v) is 5.50. The fourth-order valence-electron chi connectivity index (χ4n) is 4.00. The minimum Gasteiger partial charge on any atom is -0.352 e. The van der Waals surface area contributed by atoms with Crippen LogP contribution in [-0.4, -0.2) is 22.6 Å². The van der Waals surface area contributed by atoms with Gasteiger partial charge in [0.05, 0.1) is 17.5 Å². The van der Waals surface area contributed by atoms with Crippen LogP contribution in [0.25, 0.3) is 11.3 Å². The Kier molecular flexibility index (Phi) is 3.68. The minimum atomic E-state index is -0.0203. The van der Waals surface area contributed by atoms with Crippen LogP contribution in [-0.2, 0) is 0 Å². The molecule has 1 unspecified atom stereocenters. The Morgan fingerprint density at radius 2 is 2.09 bits per heavy atom. The Labute approximate surface area is 136 Å². The van der Waals surface area contributed by atoms with Crippen LogP contribution in [0.15, 0.2) is 36.5 Å². The van der Waals surface area contributed by atoms with Crippen molar-refractivity contribution in [2.45, 2.75) is 38.5 Å². The third-order valence-electron chi connectivity index (χ3n) is 5.50. The molecule has 1 aromatic carbocycles. The number of hydrogen-bond donors (Lipinski definition) is 2. The van der Waals surface area contributed by atoms with Gasteiger partial charge in [-0.1, -0.05) is 36.8 Å². The minimum absolute atomic E-state index is 0.0203. The highest BCUT2D eigenvalue weighted by molar-refractivity contribution is 5.99. The van der Waals surface area contributed by atoms with E-state index in [9.17, 15) is 4.79 Å². The fraction of sp³-hybridized carbons (Fsp3) is 0.474. The van der Waals surface area contributed by atoms with E-state index in [-0.39, 0.29) is 5.91 Å². The van der Waals surface area contributed by atoms with Crippen LogP contribution < -0.4 is 5.32 Å². The van der Waals surface area contributed by atoms with Gasteiger partial charge in [-0.15, -0.1) is 0 Å². The number of aromatic amines is 1. The highest BCUT2D eigenvalue weighted by Crippen LogP contribution is 2.57. The number of carbonyl (C=O) groups is 1. The molecular weight excluding hydrogens is 286 g/mol. The molecule has 1 heterocycles. The molecule has 1 amide bonds. The van der Waals surface area contributed by atoms with E-state index >= 15 is 0 Å². The lowest BCUT2D eigenvalue weighted by atomic mass is 9.79. The van der Waals surface area contributed by atoms with E-state index in [1.807, 2.05) is 30.3 Å². The lowest BCUT2D eigenvalue weighted by Gasteiger charge is -2.29. The Balaban J connectivity index is 1.41. The van der Waals surface area contributed by atoms with E-state index in [4.69, 9.17) is 0 Å². The predicted molar refractivity (Wildman–Crippen MR) is 90.0 cm³/mol. The second-order valence-corrected chi connectivity index (χ2v) is 7.20. The van der Waals surface area contributed by atoms with Crippen molar-refractivity contribution in [3.63, 3.8) is 0 Å². The molecule has 2 aliphatic carbocycles. The summed E-state index contributed by atoms with van der Waals surface area (Å²) in [4.78, 5) is 12.5. The molecule has 2 N–H and O–H groups in total. The van der Waals surface area contributed by atoms with Gasteiger partial charge in [0, 0.05) is 12.1 Å². The largest absolute Gasteiger partial charge is 0.352 e. The van der Waals surface area contributed by atoms with Crippen LogP contribution in [0, 0.1) is 11.3 Å². The Morgan fingerprint density at radius 1 is 1.26 bits per heavy atom. The van der Waals surface area contributed by atoms with E-state index in [1.165, 1.54) is 38.5 Å². The van der Waals surface area contributed by atoms with Gasteiger partial charge in [0.15, 0.2) is 0 Å². The summed E-state index contributed by atoms with van der Waals surface area (Å²) in [5.41, 5.74) is 3.07. The van der Waals surface area contributed by atoms with Gasteiger partial charge in [0.1, 0.15) is 0 Å². The van der Waals surface area contributed by atoms with Gasteiger partial charge in [-0.05, 0) is 43.4 Å². The number of benzene rings is 1. The molecule has 2 aliphatic rings. The van der Waals surface area contributed by atoms with Crippen molar-refractivity contribution in [3.05, 3.63) is 42.1 Å². The van der Waals surface area contributed by atoms with Crippen molar-refractivity contribution in [3.8, 4) is 11.3 Å². The first-order chi connectivity index (χ1) is 11.3. The zero-order chi connectivity index (χ0) is 15.7. The summed E-state index contributed by atoms with van der Waals surface area (Å²) in [5.74, 6) is 0.621. The number of nitrogens with zero attached hydrogens (tertiary/aromatic N) is 1. The molecule has 120 valence electrons. The average Bonchev–Trinajstić information content (AvgIpc) is 3.14. The highest BCUT2D eigenvalue weighted by atomic mass is 16.1. The zero-order valence-electron chi connectivity index (χ0n) is 13.3. The van der Waals surface area contributed by atoms with Gasteiger partial charge >= 0.3 is 0 Å². The molecule has 2 saturated carbocycles. The molecule has 4 nitrogen and oxygen atoms in total. The van der Waals surface area contributed by atoms with Crippen molar-refractivity contribution < 1.29 is 4.79 Å². The van der Waals surface area contributed by atoms with Gasteiger partial charge in [-0.2, -0.15) is 5.10 Å². The van der Waals surface area contributed by atoms with E-state index < -0.39 is 0 Å². The first-order valence-corrected chi connectivity index (χ1v) is 8.63. The van der Waals surface area contributed by atoms with Crippen LogP contribution in [0.1, 0.15) is 48.9 Å². The average molecular weight is 309 g/mol. The summed E-state index contributed by atoms with van der Waals surface area (Å²) in [6.45, 7) is 0.792. The summed E-state index contributed by atoms with van der Waals surface area (Å²) >= 11 is 0. The van der Waals surface area contributed by atoms with Crippen molar-refractivity contribution in [1.82, 2.24) is 15.5 Å². The van der Waals surface area contributed by atoms with Crippen LogP contribution in [0.3, 0.4) is 0 Å². The molecule has 0 aliphatic heterocycles. The monoisotopic (exact) mass is 309 g/mol. The third kappa shape index (κ3) is 3.03. The van der Waals surface area contributed by atoms with Crippen molar-refractivity contribution in [2.24, 2.45) is 11.3 Å². The van der Waals surface area contributed by atoms with Crippen molar-refractivity contribution >= 4 is 5.91 Å². The standard InChI is InChI=1S/C19H23N3O/c23-18(20-12-14-5-4-8-19(11-14)9-10-19)16-13-21-22-17(16)15-6-2-1-3-7-15/h1-3,6-7,13-14H,4-5,8-12H2,(H,20,23)(H,21,22). The molecule has 0 saturated heterocycles. The Morgan fingerprint density at radius 3 is 2.87 bits per heavy atom. The predicted octanol–water partition coefficient (Wildman–Crippen LogP) is 3.78. The molecule has 2 fully saturated rings. The second-order valence-electron chi connectivity index (χ2n) is 7.20. The van der Waals surface area contributed by atoms with Gasteiger partial charge in [0.25, 0.3) is 5.91 Å². The number of carbonyl (C=O) groups excluding carboxylic acids is 1. The summed E-state index contributed by atoms with van der Waals surface area (Å²) in [5, 5.41) is 10.1. The second kappa shape index (κ2) is 5.84. The number of hydrogen-bond acceptors (Lipinski definition) is 2. The summed E-state index contributed by atoms with van der Waals surface area (Å²) < 4.78 is 0. The van der Waals surface area contributed by atoms with Gasteiger partial charge < -0.3 is 5.32 Å².